The van der Waals surface area contributed by atoms with Gasteiger partial charge in [0.2, 0.25) is 0 Å². The topological polar surface area (TPSA) is 31.0 Å². The molecule has 14 heavy (non-hydrogen) atoms. The summed E-state index contributed by atoms with van der Waals surface area (Å²) in [7, 11) is 1.65. The monoisotopic (exact) mass is 194 g/mol. The molecule has 1 heterocycles. The number of hydrogen-bond acceptors (Lipinski definition) is 3. The summed E-state index contributed by atoms with van der Waals surface area (Å²) in [5, 5.41) is 0. The van der Waals surface area contributed by atoms with Gasteiger partial charge < -0.3 is 14.2 Å². The maximum absolute atomic E-state index is 5.56. The van der Waals surface area contributed by atoms with Gasteiger partial charge in [-0.2, -0.15) is 0 Å². The molecule has 1 aromatic rings. The SMILES string of the molecule is COc1cc(C)ccc1OCC1CO1. The Labute approximate surface area is 83.6 Å². The molecule has 1 aromatic carbocycles. The Morgan fingerprint density at radius 1 is 1.43 bits per heavy atom. The summed E-state index contributed by atoms with van der Waals surface area (Å²) >= 11 is 0. The van der Waals surface area contributed by atoms with E-state index in [0.717, 1.165) is 23.7 Å². The minimum Gasteiger partial charge on any atom is -0.493 e. The molecule has 1 aliphatic rings. The smallest absolute Gasteiger partial charge is 0.161 e. The van der Waals surface area contributed by atoms with E-state index in [2.05, 4.69) is 0 Å². The van der Waals surface area contributed by atoms with Gasteiger partial charge in [0.15, 0.2) is 11.5 Å². The van der Waals surface area contributed by atoms with Crippen molar-refractivity contribution in [3.8, 4) is 11.5 Å². The van der Waals surface area contributed by atoms with E-state index in [1.165, 1.54) is 0 Å². The molecule has 0 aliphatic carbocycles. The van der Waals surface area contributed by atoms with Crippen LogP contribution in [0.15, 0.2) is 18.2 Å². The van der Waals surface area contributed by atoms with E-state index in [-0.39, 0.29) is 6.10 Å². The van der Waals surface area contributed by atoms with Crippen molar-refractivity contribution in [2.75, 3.05) is 20.3 Å². The summed E-state index contributed by atoms with van der Waals surface area (Å²) in [6.07, 6.45) is 0.279. The van der Waals surface area contributed by atoms with E-state index in [1.807, 2.05) is 25.1 Å². The van der Waals surface area contributed by atoms with Gasteiger partial charge in [-0.05, 0) is 24.6 Å². The molecule has 0 amide bonds. The molecule has 1 atom stereocenters. The van der Waals surface area contributed by atoms with Gasteiger partial charge >= 0.3 is 0 Å². The third-order valence-corrected chi connectivity index (χ3v) is 2.15. The first-order valence-corrected chi connectivity index (χ1v) is 4.68. The average molecular weight is 194 g/mol. The fraction of sp³-hybridized carbons (Fsp3) is 0.455. The summed E-state index contributed by atoms with van der Waals surface area (Å²) in [5.74, 6) is 1.57. The standard InChI is InChI=1S/C11H14O3/c1-8-3-4-10(11(5-8)12-2)14-7-9-6-13-9/h3-5,9H,6-7H2,1-2H3. The molecule has 1 aliphatic heterocycles. The molecule has 3 heteroatoms. The van der Waals surface area contributed by atoms with Gasteiger partial charge in [0.05, 0.1) is 13.7 Å². The largest absolute Gasteiger partial charge is 0.493 e. The van der Waals surface area contributed by atoms with E-state index in [1.54, 1.807) is 7.11 Å². The Hall–Kier alpha value is -1.22. The second kappa shape index (κ2) is 3.88. The Morgan fingerprint density at radius 2 is 2.21 bits per heavy atom. The number of aryl methyl sites for hydroxylation is 1. The van der Waals surface area contributed by atoms with Gasteiger partial charge in [-0.15, -0.1) is 0 Å². The van der Waals surface area contributed by atoms with E-state index < -0.39 is 0 Å². The number of methoxy groups -OCH3 is 1. The van der Waals surface area contributed by atoms with Crippen molar-refractivity contribution in [3.63, 3.8) is 0 Å². The minimum atomic E-state index is 0.279. The van der Waals surface area contributed by atoms with Crippen molar-refractivity contribution in [2.24, 2.45) is 0 Å². The lowest BCUT2D eigenvalue weighted by molar-refractivity contribution is 0.252. The zero-order valence-corrected chi connectivity index (χ0v) is 8.45. The molecule has 0 N–H and O–H groups in total. The lowest BCUT2D eigenvalue weighted by Gasteiger charge is -2.09. The van der Waals surface area contributed by atoms with Crippen LogP contribution in [0.2, 0.25) is 0 Å². The van der Waals surface area contributed by atoms with Crippen LogP contribution in [-0.4, -0.2) is 26.4 Å². The quantitative estimate of drug-likeness (QED) is 0.684. The fourth-order valence-corrected chi connectivity index (χ4v) is 1.24. The second-order valence-corrected chi connectivity index (χ2v) is 3.42. The van der Waals surface area contributed by atoms with E-state index >= 15 is 0 Å². The normalized spacial score (nSPS) is 19.1. The zero-order valence-electron chi connectivity index (χ0n) is 8.45. The molecule has 2 rings (SSSR count). The Balaban J connectivity index is 2.05. The molecule has 3 nitrogen and oxygen atoms in total. The van der Waals surface area contributed by atoms with Gasteiger partial charge in [0.25, 0.3) is 0 Å². The third-order valence-electron chi connectivity index (χ3n) is 2.15. The predicted molar refractivity (Wildman–Crippen MR) is 53.0 cm³/mol. The average Bonchev–Trinajstić information content (AvgIpc) is 2.99. The molecule has 76 valence electrons. The second-order valence-electron chi connectivity index (χ2n) is 3.42. The number of hydrogen-bond donors (Lipinski definition) is 0. The van der Waals surface area contributed by atoms with Crippen LogP contribution in [0.25, 0.3) is 0 Å². The van der Waals surface area contributed by atoms with Crippen LogP contribution in [0.1, 0.15) is 5.56 Å². The maximum Gasteiger partial charge on any atom is 0.161 e. The van der Waals surface area contributed by atoms with Crippen LogP contribution < -0.4 is 9.47 Å². The first kappa shape index (κ1) is 9.34. The maximum atomic E-state index is 5.56. The summed E-state index contributed by atoms with van der Waals surface area (Å²) in [6, 6.07) is 5.89. The molecule has 0 spiro atoms. The summed E-state index contributed by atoms with van der Waals surface area (Å²) < 4.78 is 15.8. The third kappa shape index (κ3) is 2.17. The highest BCUT2D eigenvalue weighted by Crippen LogP contribution is 2.28. The number of ether oxygens (including phenoxy) is 3. The van der Waals surface area contributed by atoms with E-state index in [0.29, 0.717) is 6.61 Å². The summed E-state index contributed by atoms with van der Waals surface area (Å²) in [4.78, 5) is 0. The van der Waals surface area contributed by atoms with Gasteiger partial charge in [-0.25, -0.2) is 0 Å². The number of epoxide rings is 1. The zero-order chi connectivity index (χ0) is 9.97. The Kier molecular flexibility index (Phi) is 2.59. The van der Waals surface area contributed by atoms with Crippen LogP contribution in [-0.2, 0) is 4.74 Å². The fourth-order valence-electron chi connectivity index (χ4n) is 1.24. The minimum absolute atomic E-state index is 0.279. The van der Waals surface area contributed by atoms with Crippen LogP contribution in [0.3, 0.4) is 0 Å². The van der Waals surface area contributed by atoms with Crippen LogP contribution in [0.5, 0.6) is 11.5 Å². The molecule has 1 saturated heterocycles. The molecule has 1 unspecified atom stereocenters. The molecular formula is C11H14O3. The molecule has 0 aromatic heterocycles. The molecule has 0 bridgehead atoms. The molecular weight excluding hydrogens is 180 g/mol. The van der Waals surface area contributed by atoms with Gasteiger partial charge in [-0.3, -0.25) is 0 Å². The lowest BCUT2D eigenvalue weighted by atomic mass is 10.2. The first-order chi connectivity index (χ1) is 6.79. The highest BCUT2D eigenvalue weighted by atomic mass is 16.6. The Morgan fingerprint density at radius 3 is 2.86 bits per heavy atom. The van der Waals surface area contributed by atoms with Crippen molar-refractivity contribution in [1.29, 1.82) is 0 Å². The number of rotatable bonds is 4. The van der Waals surface area contributed by atoms with E-state index in [9.17, 15) is 0 Å². The lowest BCUT2D eigenvalue weighted by Crippen LogP contribution is -2.05. The van der Waals surface area contributed by atoms with Crippen LogP contribution in [0, 0.1) is 6.92 Å². The van der Waals surface area contributed by atoms with Crippen molar-refractivity contribution < 1.29 is 14.2 Å². The van der Waals surface area contributed by atoms with Crippen LogP contribution >= 0.6 is 0 Å². The molecule has 1 fully saturated rings. The highest BCUT2D eigenvalue weighted by molar-refractivity contribution is 5.42. The van der Waals surface area contributed by atoms with Crippen LogP contribution in [0.4, 0.5) is 0 Å². The summed E-state index contributed by atoms with van der Waals surface area (Å²) in [6.45, 7) is 3.45. The van der Waals surface area contributed by atoms with Gasteiger partial charge in [-0.1, -0.05) is 6.07 Å². The van der Waals surface area contributed by atoms with Gasteiger partial charge in [0.1, 0.15) is 12.7 Å². The molecule has 0 saturated carbocycles. The number of benzene rings is 1. The molecule has 0 radical (unpaired) electrons. The first-order valence-electron chi connectivity index (χ1n) is 4.68. The highest BCUT2D eigenvalue weighted by Gasteiger charge is 2.23. The van der Waals surface area contributed by atoms with Crippen molar-refractivity contribution in [3.05, 3.63) is 23.8 Å². The predicted octanol–water partition coefficient (Wildman–Crippen LogP) is 1.78. The van der Waals surface area contributed by atoms with Crippen molar-refractivity contribution >= 4 is 0 Å². The summed E-state index contributed by atoms with van der Waals surface area (Å²) in [5.41, 5.74) is 1.16. The van der Waals surface area contributed by atoms with Crippen molar-refractivity contribution in [2.45, 2.75) is 13.0 Å². The Bertz CT molecular complexity index is 318. The van der Waals surface area contributed by atoms with E-state index in [4.69, 9.17) is 14.2 Å². The van der Waals surface area contributed by atoms with Gasteiger partial charge in [0, 0.05) is 0 Å². The van der Waals surface area contributed by atoms with Crippen molar-refractivity contribution in [1.82, 2.24) is 0 Å².